The third-order valence-corrected chi connectivity index (χ3v) is 6.98. The minimum Gasteiger partial charge on any atom is -0.491 e. The van der Waals surface area contributed by atoms with E-state index in [-0.39, 0.29) is 12.5 Å². The highest BCUT2D eigenvalue weighted by atomic mass is 32.1. The van der Waals surface area contributed by atoms with Gasteiger partial charge >= 0.3 is 0 Å². The number of nitrogens with one attached hydrogen (secondary N) is 1. The molecule has 5 atom stereocenters. The number of thiophene rings is 1. The van der Waals surface area contributed by atoms with Gasteiger partial charge in [0.05, 0.1) is 13.2 Å². The van der Waals surface area contributed by atoms with Crippen LogP contribution in [-0.2, 0) is 16.0 Å². The Labute approximate surface area is 201 Å². The molecule has 0 spiro atoms. The third kappa shape index (κ3) is 5.41. The van der Waals surface area contributed by atoms with E-state index in [1.807, 2.05) is 24.3 Å². The lowest BCUT2D eigenvalue weighted by molar-refractivity contribution is -0.232. The third-order valence-electron chi connectivity index (χ3n) is 5.86. The predicted molar refractivity (Wildman–Crippen MR) is 128 cm³/mol. The zero-order chi connectivity index (χ0) is 24.2. The maximum absolute atomic E-state index is 11.1. The van der Waals surface area contributed by atoms with Gasteiger partial charge in [-0.25, -0.2) is 0 Å². The van der Waals surface area contributed by atoms with Crippen molar-refractivity contribution in [3.63, 3.8) is 0 Å². The Bertz CT molecular complexity index is 1100. The van der Waals surface area contributed by atoms with Gasteiger partial charge in [0.25, 0.3) is 0 Å². The predicted octanol–water partition coefficient (Wildman–Crippen LogP) is 1.52. The van der Waals surface area contributed by atoms with Crippen LogP contribution >= 0.6 is 11.3 Å². The average molecular weight is 488 g/mol. The van der Waals surface area contributed by atoms with Gasteiger partial charge in [-0.2, -0.15) is 0 Å². The molecule has 1 aliphatic heterocycles. The minimum atomic E-state index is -1.49. The van der Waals surface area contributed by atoms with Crippen LogP contribution in [0, 0.1) is 0 Å². The van der Waals surface area contributed by atoms with Crippen molar-refractivity contribution < 1.29 is 34.7 Å². The number of aliphatic hydroxyl groups is 4. The number of fused-ring (bicyclic) bond motifs is 1. The standard InChI is InChI=1S/C25H29NO7S/c1-14(28)26-8-9-32-19-7-6-15(10-17-12-16-4-2-3-5-21(16)34-17)11-18(19)25-24(31)23(30)22(29)20(13-27)33-25/h2-7,11-12,20,22-25,27,29-31H,8-10,13H2,1H3,(H,26,28)/t20-,22-,23+,24-,25+/m1/s1. The second-order valence-corrected chi connectivity index (χ2v) is 9.55. The van der Waals surface area contributed by atoms with Crippen LogP contribution in [0.1, 0.15) is 29.0 Å². The highest BCUT2D eigenvalue weighted by molar-refractivity contribution is 7.19. The Kier molecular flexibility index (Phi) is 7.82. The summed E-state index contributed by atoms with van der Waals surface area (Å²) < 4.78 is 12.9. The van der Waals surface area contributed by atoms with Crippen molar-refractivity contribution in [2.75, 3.05) is 19.8 Å². The second kappa shape index (κ2) is 10.8. The quantitative estimate of drug-likeness (QED) is 0.305. The highest BCUT2D eigenvalue weighted by Gasteiger charge is 2.44. The van der Waals surface area contributed by atoms with Gasteiger partial charge in [-0.05, 0) is 35.2 Å². The molecule has 0 saturated carbocycles. The first-order chi connectivity index (χ1) is 16.4. The molecule has 1 fully saturated rings. The molecule has 2 aromatic carbocycles. The molecule has 182 valence electrons. The summed E-state index contributed by atoms with van der Waals surface area (Å²) in [4.78, 5) is 12.3. The molecular formula is C25H29NO7S. The van der Waals surface area contributed by atoms with Crippen molar-refractivity contribution in [1.82, 2.24) is 5.32 Å². The lowest BCUT2D eigenvalue weighted by Crippen LogP contribution is -2.55. The molecule has 8 nitrogen and oxygen atoms in total. The van der Waals surface area contributed by atoms with Crippen LogP contribution in [0.4, 0.5) is 0 Å². The van der Waals surface area contributed by atoms with E-state index < -0.39 is 37.1 Å². The van der Waals surface area contributed by atoms with E-state index in [1.54, 1.807) is 17.4 Å². The Balaban J connectivity index is 1.63. The summed E-state index contributed by atoms with van der Waals surface area (Å²) in [5, 5.41) is 44.6. The van der Waals surface area contributed by atoms with Crippen molar-refractivity contribution in [3.8, 4) is 5.75 Å². The molecule has 1 amide bonds. The Morgan fingerprint density at radius 3 is 2.62 bits per heavy atom. The van der Waals surface area contributed by atoms with Gasteiger partial charge in [0.2, 0.25) is 5.91 Å². The first-order valence-corrected chi connectivity index (χ1v) is 12.0. The van der Waals surface area contributed by atoms with E-state index in [0.29, 0.717) is 24.3 Å². The Morgan fingerprint density at radius 1 is 1.09 bits per heavy atom. The van der Waals surface area contributed by atoms with E-state index in [4.69, 9.17) is 9.47 Å². The van der Waals surface area contributed by atoms with E-state index in [2.05, 4.69) is 23.5 Å². The highest BCUT2D eigenvalue weighted by Crippen LogP contribution is 2.38. The molecule has 3 aromatic rings. The maximum atomic E-state index is 11.1. The number of rotatable bonds is 8. The van der Waals surface area contributed by atoms with Crippen LogP contribution in [0.25, 0.3) is 10.1 Å². The number of hydrogen-bond donors (Lipinski definition) is 5. The van der Waals surface area contributed by atoms with E-state index >= 15 is 0 Å². The number of carbonyl (C=O) groups is 1. The number of benzene rings is 2. The molecule has 5 N–H and O–H groups in total. The molecule has 0 radical (unpaired) electrons. The zero-order valence-electron chi connectivity index (χ0n) is 18.8. The summed E-state index contributed by atoms with van der Waals surface area (Å²) in [7, 11) is 0. The largest absolute Gasteiger partial charge is 0.491 e. The summed E-state index contributed by atoms with van der Waals surface area (Å²) in [6.45, 7) is 1.40. The van der Waals surface area contributed by atoms with Crippen LogP contribution in [0.5, 0.6) is 5.75 Å². The average Bonchev–Trinajstić information content (AvgIpc) is 3.23. The molecule has 4 rings (SSSR count). The number of hydrogen-bond acceptors (Lipinski definition) is 8. The number of amides is 1. The van der Waals surface area contributed by atoms with Crippen molar-refractivity contribution >= 4 is 27.3 Å². The summed E-state index contributed by atoms with van der Waals surface area (Å²) in [6, 6.07) is 15.8. The molecule has 1 saturated heterocycles. The fraction of sp³-hybridized carbons (Fsp3) is 0.400. The van der Waals surface area contributed by atoms with E-state index in [9.17, 15) is 25.2 Å². The molecule has 0 aliphatic carbocycles. The molecule has 1 aliphatic rings. The zero-order valence-corrected chi connectivity index (χ0v) is 19.6. The number of aliphatic hydroxyl groups excluding tert-OH is 4. The smallest absolute Gasteiger partial charge is 0.216 e. The molecule has 0 bridgehead atoms. The molecule has 34 heavy (non-hydrogen) atoms. The lowest BCUT2D eigenvalue weighted by atomic mass is 9.90. The van der Waals surface area contributed by atoms with Crippen molar-refractivity contribution in [3.05, 3.63) is 64.5 Å². The molecule has 0 unspecified atom stereocenters. The fourth-order valence-corrected chi connectivity index (χ4v) is 5.23. The summed E-state index contributed by atoms with van der Waals surface area (Å²) >= 11 is 1.70. The monoisotopic (exact) mass is 487 g/mol. The van der Waals surface area contributed by atoms with Gasteiger partial charge in [0.1, 0.15) is 42.9 Å². The second-order valence-electron chi connectivity index (χ2n) is 8.38. The maximum Gasteiger partial charge on any atom is 0.216 e. The van der Waals surface area contributed by atoms with Crippen LogP contribution < -0.4 is 10.1 Å². The van der Waals surface area contributed by atoms with Crippen LogP contribution in [0.15, 0.2) is 48.5 Å². The van der Waals surface area contributed by atoms with Crippen LogP contribution in [0.3, 0.4) is 0 Å². The van der Waals surface area contributed by atoms with Gasteiger partial charge in [-0.15, -0.1) is 11.3 Å². The van der Waals surface area contributed by atoms with Gasteiger partial charge in [0.15, 0.2) is 0 Å². The van der Waals surface area contributed by atoms with Crippen LogP contribution in [0.2, 0.25) is 0 Å². The summed E-state index contributed by atoms with van der Waals surface area (Å²) in [5.74, 6) is 0.256. The first kappa shape index (κ1) is 24.6. The normalized spacial score (nSPS) is 24.8. The topological polar surface area (TPSA) is 128 Å². The SMILES string of the molecule is CC(=O)NCCOc1ccc(Cc2cc3ccccc3s2)cc1[C@@H]1O[C@H](CO)[C@@H](O)[C@H](O)[C@H]1O. The minimum absolute atomic E-state index is 0.170. The molecular weight excluding hydrogens is 458 g/mol. The van der Waals surface area contributed by atoms with Gasteiger partial charge in [-0.3, -0.25) is 4.79 Å². The number of ether oxygens (including phenoxy) is 2. The van der Waals surface area contributed by atoms with Crippen molar-refractivity contribution in [1.29, 1.82) is 0 Å². The summed E-state index contributed by atoms with van der Waals surface area (Å²) in [5.41, 5.74) is 1.45. The van der Waals surface area contributed by atoms with Crippen LogP contribution in [-0.4, -0.2) is 70.5 Å². The van der Waals surface area contributed by atoms with Crippen molar-refractivity contribution in [2.45, 2.75) is 43.9 Å². The van der Waals surface area contributed by atoms with Crippen molar-refractivity contribution in [2.24, 2.45) is 0 Å². The lowest BCUT2D eigenvalue weighted by Gasteiger charge is -2.40. The van der Waals surface area contributed by atoms with Gasteiger partial charge in [-0.1, -0.05) is 24.3 Å². The Hall–Kier alpha value is -2.53. The fourth-order valence-electron chi connectivity index (χ4n) is 4.13. The number of carbonyl (C=O) groups excluding carboxylic acids is 1. The molecule has 1 aromatic heterocycles. The Morgan fingerprint density at radius 2 is 1.88 bits per heavy atom. The molecule has 2 heterocycles. The van der Waals surface area contributed by atoms with Gasteiger partial charge < -0.3 is 35.2 Å². The van der Waals surface area contributed by atoms with Gasteiger partial charge in [0, 0.05) is 28.5 Å². The van der Waals surface area contributed by atoms with E-state index in [1.165, 1.54) is 21.9 Å². The summed E-state index contributed by atoms with van der Waals surface area (Å²) in [6.07, 6.45) is -5.75. The first-order valence-electron chi connectivity index (χ1n) is 11.2. The van der Waals surface area contributed by atoms with E-state index in [0.717, 1.165) is 5.56 Å². The molecule has 9 heteroatoms.